The third-order valence-corrected chi connectivity index (χ3v) is 2.74. The van der Waals surface area contributed by atoms with E-state index in [9.17, 15) is 0 Å². The Labute approximate surface area is 95.7 Å². The van der Waals surface area contributed by atoms with Crippen molar-refractivity contribution in [3.63, 3.8) is 0 Å². The van der Waals surface area contributed by atoms with Gasteiger partial charge in [-0.2, -0.15) is 0 Å². The maximum Gasteiger partial charge on any atom is 0.142 e. The van der Waals surface area contributed by atoms with Crippen molar-refractivity contribution in [2.24, 2.45) is 0 Å². The smallest absolute Gasteiger partial charge is 0.142 e. The lowest BCUT2D eigenvalue weighted by molar-refractivity contribution is 0.122. The molecule has 0 amide bonds. The normalized spacial score (nSPS) is 16.0. The molecule has 0 radical (unpaired) electrons. The van der Waals surface area contributed by atoms with Crippen LogP contribution in [-0.2, 0) is 4.74 Å². The summed E-state index contributed by atoms with van der Waals surface area (Å²) in [5.74, 6) is 1.73. The van der Waals surface area contributed by atoms with E-state index in [0.29, 0.717) is 0 Å². The van der Waals surface area contributed by atoms with E-state index in [2.05, 4.69) is 4.90 Å². The molecule has 0 atom stereocenters. The van der Waals surface area contributed by atoms with Gasteiger partial charge in [0.2, 0.25) is 0 Å². The molecular formula is C12H17NO3. The number of hydrogen-bond acceptors (Lipinski definition) is 4. The van der Waals surface area contributed by atoms with Gasteiger partial charge in [0.15, 0.2) is 0 Å². The van der Waals surface area contributed by atoms with E-state index in [1.807, 2.05) is 18.2 Å². The predicted octanol–water partition coefficient (Wildman–Crippen LogP) is 1.54. The first kappa shape index (κ1) is 11.1. The molecule has 0 bridgehead atoms. The van der Waals surface area contributed by atoms with Crippen LogP contribution in [0.2, 0.25) is 0 Å². The first-order valence-electron chi connectivity index (χ1n) is 5.40. The molecule has 0 spiro atoms. The van der Waals surface area contributed by atoms with Crippen molar-refractivity contribution in [2.75, 3.05) is 45.4 Å². The number of hydrogen-bond donors (Lipinski definition) is 0. The highest BCUT2D eigenvalue weighted by Gasteiger charge is 2.16. The monoisotopic (exact) mass is 223 g/mol. The van der Waals surface area contributed by atoms with E-state index in [-0.39, 0.29) is 0 Å². The topological polar surface area (TPSA) is 30.9 Å². The summed E-state index contributed by atoms with van der Waals surface area (Å²) in [5.41, 5.74) is 1.07. The largest absolute Gasteiger partial charge is 0.497 e. The Balaban J connectivity index is 2.27. The number of nitrogens with zero attached hydrogens (tertiary/aromatic N) is 1. The van der Waals surface area contributed by atoms with Crippen LogP contribution in [0.3, 0.4) is 0 Å². The van der Waals surface area contributed by atoms with Crippen molar-refractivity contribution in [3.8, 4) is 11.5 Å². The minimum atomic E-state index is 0.764. The Hall–Kier alpha value is -1.42. The third kappa shape index (κ3) is 2.22. The van der Waals surface area contributed by atoms with Gasteiger partial charge < -0.3 is 19.1 Å². The molecule has 0 N–H and O–H groups in total. The standard InChI is InChI=1S/C12H17NO3/c1-14-10-3-4-12(15-2)11(9-10)13-5-7-16-8-6-13/h3-4,9H,5-8H2,1-2H3. The van der Waals surface area contributed by atoms with E-state index < -0.39 is 0 Å². The quantitative estimate of drug-likeness (QED) is 0.777. The van der Waals surface area contributed by atoms with Gasteiger partial charge in [-0.05, 0) is 12.1 Å². The Kier molecular flexibility index (Phi) is 3.51. The minimum absolute atomic E-state index is 0.764. The summed E-state index contributed by atoms with van der Waals surface area (Å²) in [6.45, 7) is 3.31. The number of rotatable bonds is 3. The molecule has 16 heavy (non-hydrogen) atoms. The summed E-state index contributed by atoms with van der Waals surface area (Å²) in [6.07, 6.45) is 0. The fourth-order valence-electron chi connectivity index (χ4n) is 1.85. The highest BCUT2D eigenvalue weighted by atomic mass is 16.5. The molecule has 0 aliphatic carbocycles. The molecule has 0 saturated carbocycles. The molecule has 1 aliphatic rings. The van der Waals surface area contributed by atoms with Crippen LogP contribution >= 0.6 is 0 Å². The molecule has 4 heteroatoms. The van der Waals surface area contributed by atoms with E-state index in [1.54, 1.807) is 14.2 Å². The van der Waals surface area contributed by atoms with E-state index in [0.717, 1.165) is 43.5 Å². The maximum atomic E-state index is 5.36. The first-order chi connectivity index (χ1) is 7.85. The van der Waals surface area contributed by atoms with Crippen LogP contribution in [0.1, 0.15) is 0 Å². The van der Waals surface area contributed by atoms with Gasteiger partial charge in [-0.1, -0.05) is 0 Å². The van der Waals surface area contributed by atoms with Crippen molar-refractivity contribution in [3.05, 3.63) is 18.2 Å². The summed E-state index contributed by atoms with van der Waals surface area (Å²) in [7, 11) is 3.36. The van der Waals surface area contributed by atoms with E-state index in [1.165, 1.54) is 0 Å². The zero-order valence-corrected chi connectivity index (χ0v) is 9.73. The van der Waals surface area contributed by atoms with Crippen LogP contribution in [-0.4, -0.2) is 40.5 Å². The number of anilines is 1. The summed E-state index contributed by atoms with van der Waals surface area (Å²) >= 11 is 0. The van der Waals surface area contributed by atoms with Gasteiger partial charge in [0.25, 0.3) is 0 Å². The molecular weight excluding hydrogens is 206 g/mol. The number of morpholine rings is 1. The molecule has 1 aromatic carbocycles. The fourth-order valence-corrected chi connectivity index (χ4v) is 1.85. The van der Waals surface area contributed by atoms with E-state index >= 15 is 0 Å². The molecule has 88 valence electrons. The molecule has 0 aromatic heterocycles. The van der Waals surface area contributed by atoms with Crippen LogP contribution in [0.15, 0.2) is 18.2 Å². The fraction of sp³-hybridized carbons (Fsp3) is 0.500. The maximum absolute atomic E-state index is 5.36. The van der Waals surface area contributed by atoms with Crippen molar-refractivity contribution in [2.45, 2.75) is 0 Å². The second-order valence-corrected chi connectivity index (χ2v) is 3.64. The highest BCUT2D eigenvalue weighted by Crippen LogP contribution is 2.32. The van der Waals surface area contributed by atoms with Gasteiger partial charge in [0, 0.05) is 19.2 Å². The average Bonchev–Trinajstić information content (AvgIpc) is 2.39. The van der Waals surface area contributed by atoms with Crippen LogP contribution in [0, 0.1) is 0 Å². The molecule has 0 unspecified atom stereocenters. The zero-order chi connectivity index (χ0) is 11.4. The van der Waals surface area contributed by atoms with Crippen molar-refractivity contribution in [1.82, 2.24) is 0 Å². The van der Waals surface area contributed by atoms with Gasteiger partial charge in [-0.25, -0.2) is 0 Å². The molecule has 1 heterocycles. The number of ether oxygens (including phenoxy) is 3. The molecule has 1 saturated heterocycles. The van der Waals surface area contributed by atoms with Gasteiger partial charge in [-0.3, -0.25) is 0 Å². The summed E-state index contributed by atoms with van der Waals surface area (Å²) < 4.78 is 15.9. The van der Waals surface area contributed by atoms with Gasteiger partial charge in [0.05, 0.1) is 33.1 Å². The second kappa shape index (κ2) is 5.07. The lowest BCUT2D eigenvalue weighted by atomic mass is 10.2. The van der Waals surface area contributed by atoms with Gasteiger partial charge in [0.1, 0.15) is 11.5 Å². The van der Waals surface area contributed by atoms with Gasteiger partial charge >= 0.3 is 0 Å². The summed E-state index contributed by atoms with van der Waals surface area (Å²) in [6, 6.07) is 5.84. The average molecular weight is 223 g/mol. The minimum Gasteiger partial charge on any atom is -0.497 e. The molecule has 1 aliphatic heterocycles. The molecule has 1 aromatic rings. The summed E-state index contributed by atoms with van der Waals surface area (Å²) in [4.78, 5) is 2.25. The van der Waals surface area contributed by atoms with Gasteiger partial charge in [-0.15, -0.1) is 0 Å². The number of methoxy groups -OCH3 is 2. The summed E-state index contributed by atoms with van der Waals surface area (Å²) in [5, 5.41) is 0. The first-order valence-corrected chi connectivity index (χ1v) is 5.40. The van der Waals surface area contributed by atoms with Crippen LogP contribution in [0.5, 0.6) is 11.5 Å². The zero-order valence-electron chi connectivity index (χ0n) is 9.73. The number of benzene rings is 1. The highest BCUT2D eigenvalue weighted by molar-refractivity contribution is 5.61. The van der Waals surface area contributed by atoms with Crippen molar-refractivity contribution < 1.29 is 14.2 Å². The van der Waals surface area contributed by atoms with Crippen molar-refractivity contribution in [1.29, 1.82) is 0 Å². The van der Waals surface area contributed by atoms with Crippen molar-refractivity contribution >= 4 is 5.69 Å². The Morgan fingerprint density at radius 2 is 1.88 bits per heavy atom. The van der Waals surface area contributed by atoms with Crippen LogP contribution in [0.4, 0.5) is 5.69 Å². The Bertz CT molecular complexity index is 348. The molecule has 4 nitrogen and oxygen atoms in total. The Morgan fingerprint density at radius 1 is 1.12 bits per heavy atom. The molecule has 1 fully saturated rings. The van der Waals surface area contributed by atoms with E-state index in [4.69, 9.17) is 14.2 Å². The predicted molar refractivity (Wildman–Crippen MR) is 62.6 cm³/mol. The lowest BCUT2D eigenvalue weighted by Gasteiger charge is -2.30. The van der Waals surface area contributed by atoms with Crippen LogP contribution in [0.25, 0.3) is 0 Å². The van der Waals surface area contributed by atoms with Crippen LogP contribution < -0.4 is 14.4 Å². The Morgan fingerprint density at radius 3 is 2.50 bits per heavy atom. The lowest BCUT2D eigenvalue weighted by Crippen LogP contribution is -2.36. The molecule has 2 rings (SSSR count). The SMILES string of the molecule is COc1ccc(OC)c(N2CCOCC2)c1. The third-order valence-electron chi connectivity index (χ3n) is 2.74. The second-order valence-electron chi connectivity index (χ2n) is 3.64.